The third kappa shape index (κ3) is 3.61. The van der Waals surface area contributed by atoms with Crippen molar-refractivity contribution >= 4 is 5.91 Å². The highest BCUT2D eigenvalue weighted by Gasteiger charge is 2.49. The number of benzene rings is 1. The minimum atomic E-state index is -2.76. The summed E-state index contributed by atoms with van der Waals surface area (Å²) >= 11 is 0. The first-order valence-corrected chi connectivity index (χ1v) is 7.68. The predicted octanol–water partition coefficient (Wildman–Crippen LogP) is 0.978. The van der Waals surface area contributed by atoms with Gasteiger partial charge in [-0.25, -0.2) is 8.78 Å². The van der Waals surface area contributed by atoms with E-state index in [1.54, 1.807) is 21.9 Å². The fraction of sp³-hybridized carbons (Fsp3) is 0.562. The average molecular weight is 326 g/mol. The first-order valence-electron chi connectivity index (χ1n) is 7.68. The largest absolute Gasteiger partial charge is 0.484 e. The smallest absolute Gasteiger partial charge is 0.262 e. The minimum Gasteiger partial charge on any atom is -0.484 e. The summed E-state index contributed by atoms with van der Waals surface area (Å²) in [5.74, 6) is -2.29. The Labute approximate surface area is 133 Å². The van der Waals surface area contributed by atoms with Crippen LogP contribution in [0.1, 0.15) is 6.42 Å². The number of para-hydroxylation sites is 1. The highest BCUT2D eigenvalue weighted by molar-refractivity contribution is 5.78. The quantitative estimate of drug-likeness (QED) is 0.876. The van der Waals surface area contributed by atoms with Gasteiger partial charge in [-0.1, -0.05) is 18.2 Å². The number of aliphatic hydroxyl groups is 1. The molecule has 2 saturated heterocycles. The molecule has 1 atom stereocenters. The number of hydrogen-bond donors (Lipinski definition) is 1. The molecule has 1 N–H and O–H groups in total. The molecule has 1 amide bonds. The number of nitrogens with zero attached hydrogens (tertiary/aromatic N) is 2. The maximum Gasteiger partial charge on any atom is 0.262 e. The molecular weight excluding hydrogens is 306 g/mol. The average Bonchev–Trinajstić information content (AvgIpc) is 2.79. The molecule has 2 heterocycles. The number of hydrogen-bond acceptors (Lipinski definition) is 4. The number of amides is 1. The van der Waals surface area contributed by atoms with E-state index in [0.29, 0.717) is 18.8 Å². The summed E-state index contributed by atoms with van der Waals surface area (Å²) in [7, 11) is 0. The van der Waals surface area contributed by atoms with E-state index in [0.717, 1.165) is 0 Å². The van der Waals surface area contributed by atoms with Crippen LogP contribution < -0.4 is 4.74 Å². The van der Waals surface area contributed by atoms with E-state index >= 15 is 0 Å². The molecule has 0 radical (unpaired) electrons. The monoisotopic (exact) mass is 326 g/mol. The molecule has 2 aliphatic heterocycles. The van der Waals surface area contributed by atoms with Crippen LogP contribution in [0.15, 0.2) is 30.3 Å². The predicted molar refractivity (Wildman–Crippen MR) is 79.4 cm³/mol. The van der Waals surface area contributed by atoms with Crippen molar-refractivity contribution in [2.24, 2.45) is 0 Å². The number of ether oxygens (including phenoxy) is 1. The van der Waals surface area contributed by atoms with Gasteiger partial charge >= 0.3 is 0 Å². The van der Waals surface area contributed by atoms with E-state index in [1.807, 2.05) is 18.2 Å². The molecule has 0 aliphatic carbocycles. The zero-order valence-electron chi connectivity index (χ0n) is 12.7. The van der Waals surface area contributed by atoms with Crippen molar-refractivity contribution in [2.75, 3.05) is 32.8 Å². The van der Waals surface area contributed by atoms with Gasteiger partial charge in [-0.3, -0.25) is 9.69 Å². The number of likely N-dealkylation sites (tertiary alicyclic amines) is 2. The van der Waals surface area contributed by atoms with Crippen LogP contribution in [-0.2, 0) is 4.79 Å². The molecule has 0 aromatic heterocycles. The van der Waals surface area contributed by atoms with Crippen LogP contribution in [0.5, 0.6) is 5.75 Å². The summed E-state index contributed by atoms with van der Waals surface area (Å²) in [5, 5.41) is 9.25. The van der Waals surface area contributed by atoms with Gasteiger partial charge in [0.25, 0.3) is 11.8 Å². The molecule has 0 unspecified atom stereocenters. The zero-order valence-corrected chi connectivity index (χ0v) is 12.7. The molecular formula is C16H20F2N2O3. The van der Waals surface area contributed by atoms with E-state index in [2.05, 4.69) is 0 Å². The summed E-state index contributed by atoms with van der Waals surface area (Å²) < 4.78 is 32.3. The fourth-order valence-corrected chi connectivity index (χ4v) is 3.14. The molecule has 0 saturated carbocycles. The second-order valence-corrected chi connectivity index (χ2v) is 6.12. The summed E-state index contributed by atoms with van der Waals surface area (Å²) in [4.78, 5) is 15.2. The van der Waals surface area contributed by atoms with Gasteiger partial charge in [-0.2, -0.15) is 0 Å². The molecule has 7 heteroatoms. The Kier molecular flexibility index (Phi) is 4.50. The fourth-order valence-electron chi connectivity index (χ4n) is 3.14. The second kappa shape index (κ2) is 6.41. The Morgan fingerprint density at radius 3 is 2.65 bits per heavy atom. The van der Waals surface area contributed by atoms with Crippen LogP contribution >= 0.6 is 0 Å². The van der Waals surface area contributed by atoms with Crippen LogP contribution in [-0.4, -0.2) is 71.7 Å². The van der Waals surface area contributed by atoms with Crippen LogP contribution in [0.4, 0.5) is 8.78 Å². The van der Waals surface area contributed by atoms with Crippen molar-refractivity contribution < 1.29 is 23.4 Å². The molecule has 126 valence electrons. The molecule has 3 rings (SSSR count). The van der Waals surface area contributed by atoms with Gasteiger partial charge in [0.05, 0.1) is 13.2 Å². The van der Waals surface area contributed by atoms with Gasteiger partial charge in [0.15, 0.2) is 6.61 Å². The van der Waals surface area contributed by atoms with E-state index in [9.17, 15) is 18.7 Å². The summed E-state index contributed by atoms with van der Waals surface area (Å²) in [6.45, 7) is 0.131. The Morgan fingerprint density at radius 2 is 2.00 bits per heavy atom. The van der Waals surface area contributed by atoms with E-state index in [1.165, 1.54) is 0 Å². The van der Waals surface area contributed by atoms with Crippen molar-refractivity contribution in [3.63, 3.8) is 0 Å². The zero-order chi connectivity index (χ0) is 16.4. The first kappa shape index (κ1) is 16.1. The van der Waals surface area contributed by atoms with Crippen LogP contribution in [0.25, 0.3) is 0 Å². The lowest BCUT2D eigenvalue weighted by Crippen LogP contribution is -2.63. The summed E-state index contributed by atoms with van der Waals surface area (Å²) in [6, 6.07) is 8.41. The van der Waals surface area contributed by atoms with E-state index < -0.39 is 12.0 Å². The second-order valence-electron chi connectivity index (χ2n) is 6.12. The van der Waals surface area contributed by atoms with Gasteiger partial charge in [-0.05, 0) is 12.1 Å². The van der Waals surface area contributed by atoms with Crippen molar-refractivity contribution in [3.8, 4) is 5.75 Å². The lowest BCUT2D eigenvalue weighted by atomic mass is 10.1. The Hall–Kier alpha value is -1.73. The lowest BCUT2D eigenvalue weighted by molar-refractivity contribution is -0.141. The highest BCUT2D eigenvalue weighted by atomic mass is 19.3. The third-order valence-corrected chi connectivity index (χ3v) is 4.42. The number of alkyl halides is 2. The normalized spacial score (nSPS) is 24.5. The van der Waals surface area contributed by atoms with Gasteiger partial charge in [0.1, 0.15) is 5.75 Å². The maximum absolute atomic E-state index is 13.5. The van der Waals surface area contributed by atoms with Gasteiger partial charge in [-0.15, -0.1) is 0 Å². The standard InChI is InChI=1S/C16H20F2N2O3/c17-16(18)6-12(9-21)20(11-16)13-7-19(8-13)15(22)10-23-14-4-2-1-3-5-14/h1-5,12-13,21H,6-11H2/t12-/m0/s1. The molecule has 0 bridgehead atoms. The topological polar surface area (TPSA) is 53.0 Å². The summed E-state index contributed by atoms with van der Waals surface area (Å²) in [5.41, 5.74) is 0. The number of halogens is 2. The molecule has 5 nitrogen and oxygen atoms in total. The van der Waals surface area contributed by atoms with Crippen molar-refractivity contribution in [3.05, 3.63) is 30.3 Å². The van der Waals surface area contributed by atoms with Crippen LogP contribution in [0.3, 0.4) is 0 Å². The molecule has 2 aliphatic rings. The van der Waals surface area contributed by atoms with Crippen molar-refractivity contribution in [1.29, 1.82) is 0 Å². The molecule has 1 aromatic carbocycles. The van der Waals surface area contributed by atoms with Gasteiger partial charge in [0, 0.05) is 31.6 Å². The molecule has 1 aromatic rings. The van der Waals surface area contributed by atoms with Gasteiger partial charge < -0.3 is 14.7 Å². The van der Waals surface area contributed by atoms with Crippen LogP contribution in [0, 0.1) is 0 Å². The minimum absolute atomic E-state index is 0.0592. The number of rotatable bonds is 5. The Balaban J connectivity index is 1.46. The number of carbonyl (C=O) groups excluding carboxylic acids is 1. The molecule has 0 spiro atoms. The number of carbonyl (C=O) groups is 1. The number of aliphatic hydroxyl groups excluding tert-OH is 1. The third-order valence-electron chi connectivity index (χ3n) is 4.42. The highest BCUT2D eigenvalue weighted by Crippen LogP contribution is 2.35. The van der Waals surface area contributed by atoms with Crippen molar-refractivity contribution in [1.82, 2.24) is 9.80 Å². The van der Waals surface area contributed by atoms with Crippen molar-refractivity contribution in [2.45, 2.75) is 24.4 Å². The molecule has 2 fully saturated rings. The first-order chi connectivity index (χ1) is 11.0. The maximum atomic E-state index is 13.5. The van der Waals surface area contributed by atoms with Crippen LogP contribution in [0.2, 0.25) is 0 Å². The van der Waals surface area contributed by atoms with Gasteiger partial charge in [0.2, 0.25) is 0 Å². The Bertz CT molecular complexity index is 550. The van der Waals surface area contributed by atoms with E-state index in [-0.39, 0.29) is 38.1 Å². The summed E-state index contributed by atoms with van der Waals surface area (Å²) in [6.07, 6.45) is -0.314. The SMILES string of the molecule is O=C(COc1ccccc1)N1CC(N2CC(F)(F)C[C@H]2CO)C1. The lowest BCUT2D eigenvalue weighted by Gasteiger charge is -2.45. The van der Waals surface area contributed by atoms with E-state index in [4.69, 9.17) is 4.74 Å². The Morgan fingerprint density at radius 1 is 1.30 bits per heavy atom. The molecule has 23 heavy (non-hydrogen) atoms.